The van der Waals surface area contributed by atoms with Gasteiger partial charge >= 0.3 is 5.97 Å². The molecule has 102 valence electrons. The maximum absolute atomic E-state index is 11.3. The van der Waals surface area contributed by atoms with E-state index < -0.39 is 5.97 Å². The number of carbonyl (C=O) groups is 2. The Balaban J connectivity index is 2.54. The van der Waals surface area contributed by atoms with Crippen molar-refractivity contribution in [3.63, 3.8) is 0 Å². The Kier molecular flexibility index (Phi) is 4.05. The standard InChI is InChI=1S/C15H12ClNO3/c1-9(18)17-11-5-2-4-10(8-11)12-6-3-7-13(16)14(12)15(19)20/h2-8H,1H3,(H,17,18)(H,19,20). The van der Waals surface area contributed by atoms with Gasteiger partial charge in [-0.1, -0.05) is 35.9 Å². The van der Waals surface area contributed by atoms with Crippen molar-refractivity contribution in [2.45, 2.75) is 6.92 Å². The minimum atomic E-state index is -1.09. The van der Waals surface area contributed by atoms with Crippen molar-refractivity contribution < 1.29 is 14.7 Å². The van der Waals surface area contributed by atoms with Crippen LogP contribution in [0, 0.1) is 0 Å². The van der Waals surface area contributed by atoms with Crippen LogP contribution in [0.15, 0.2) is 42.5 Å². The molecule has 0 heterocycles. The number of nitrogens with one attached hydrogen (secondary N) is 1. The minimum Gasteiger partial charge on any atom is -0.478 e. The summed E-state index contributed by atoms with van der Waals surface area (Å²) in [6.07, 6.45) is 0. The number of anilines is 1. The lowest BCUT2D eigenvalue weighted by Crippen LogP contribution is -2.06. The van der Waals surface area contributed by atoms with Crippen molar-refractivity contribution in [3.05, 3.63) is 53.1 Å². The van der Waals surface area contributed by atoms with Gasteiger partial charge in [0.15, 0.2) is 0 Å². The monoisotopic (exact) mass is 289 g/mol. The summed E-state index contributed by atoms with van der Waals surface area (Å²) in [4.78, 5) is 22.4. The molecule has 4 nitrogen and oxygen atoms in total. The van der Waals surface area contributed by atoms with E-state index in [4.69, 9.17) is 11.6 Å². The lowest BCUT2D eigenvalue weighted by atomic mass is 9.99. The van der Waals surface area contributed by atoms with Crippen LogP contribution in [-0.4, -0.2) is 17.0 Å². The first-order valence-corrected chi connectivity index (χ1v) is 6.26. The summed E-state index contributed by atoms with van der Waals surface area (Å²) in [5, 5.41) is 12.1. The Morgan fingerprint density at radius 2 is 1.85 bits per heavy atom. The fourth-order valence-electron chi connectivity index (χ4n) is 1.95. The summed E-state index contributed by atoms with van der Waals surface area (Å²) in [7, 11) is 0. The molecule has 1 amide bonds. The van der Waals surface area contributed by atoms with Gasteiger partial charge < -0.3 is 10.4 Å². The normalized spacial score (nSPS) is 10.1. The number of amides is 1. The molecule has 0 fully saturated rings. The molecule has 0 saturated carbocycles. The van der Waals surface area contributed by atoms with Crippen molar-refractivity contribution in [2.75, 3.05) is 5.32 Å². The Morgan fingerprint density at radius 1 is 1.15 bits per heavy atom. The van der Waals surface area contributed by atoms with Gasteiger partial charge in [-0.3, -0.25) is 4.79 Å². The van der Waals surface area contributed by atoms with Gasteiger partial charge in [0, 0.05) is 12.6 Å². The maximum atomic E-state index is 11.3. The summed E-state index contributed by atoms with van der Waals surface area (Å²) < 4.78 is 0. The number of aromatic carboxylic acids is 1. The predicted molar refractivity (Wildman–Crippen MR) is 78.2 cm³/mol. The van der Waals surface area contributed by atoms with Crippen LogP contribution in [0.3, 0.4) is 0 Å². The van der Waals surface area contributed by atoms with Crippen molar-refractivity contribution in [1.82, 2.24) is 0 Å². The molecule has 0 aliphatic carbocycles. The van der Waals surface area contributed by atoms with Crippen LogP contribution < -0.4 is 5.32 Å². The van der Waals surface area contributed by atoms with E-state index in [-0.39, 0.29) is 16.5 Å². The van der Waals surface area contributed by atoms with Gasteiger partial charge in [0.2, 0.25) is 5.91 Å². The summed E-state index contributed by atoms with van der Waals surface area (Å²) in [6.45, 7) is 1.41. The zero-order valence-corrected chi connectivity index (χ0v) is 11.4. The molecule has 2 N–H and O–H groups in total. The third-order valence-electron chi connectivity index (χ3n) is 2.72. The molecule has 0 aromatic heterocycles. The molecule has 5 heteroatoms. The van der Waals surface area contributed by atoms with E-state index in [1.165, 1.54) is 13.0 Å². The first-order valence-electron chi connectivity index (χ1n) is 5.89. The average Bonchev–Trinajstić information content (AvgIpc) is 2.37. The maximum Gasteiger partial charge on any atom is 0.337 e. The van der Waals surface area contributed by atoms with Gasteiger partial charge in [-0.05, 0) is 29.3 Å². The van der Waals surface area contributed by atoms with Gasteiger partial charge in [0.1, 0.15) is 0 Å². The molecule has 0 atom stereocenters. The highest BCUT2D eigenvalue weighted by Gasteiger charge is 2.15. The number of rotatable bonds is 3. The molecule has 2 rings (SSSR count). The van der Waals surface area contributed by atoms with Gasteiger partial charge in [-0.2, -0.15) is 0 Å². The summed E-state index contributed by atoms with van der Waals surface area (Å²) in [5.41, 5.74) is 1.84. The van der Waals surface area contributed by atoms with Crippen molar-refractivity contribution in [3.8, 4) is 11.1 Å². The largest absolute Gasteiger partial charge is 0.478 e. The van der Waals surface area contributed by atoms with Crippen molar-refractivity contribution in [1.29, 1.82) is 0 Å². The van der Waals surface area contributed by atoms with Crippen LogP contribution in [0.5, 0.6) is 0 Å². The number of carboxylic acids is 1. The zero-order chi connectivity index (χ0) is 14.7. The molecular weight excluding hydrogens is 278 g/mol. The third kappa shape index (κ3) is 2.97. The second-order valence-electron chi connectivity index (χ2n) is 4.23. The fourth-order valence-corrected chi connectivity index (χ4v) is 2.21. The number of carboxylic acid groups (broad SMARTS) is 1. The number of carbonyl (C=O) groups excluding carboxylic acids is 1. The molecule has 2 aromatic rings. The molecule has 0 unspecified atom stereocenters. The van der Waals surface area contributed by atoms with E-state index in [1.807, 2.05) is 0 Å². The lowest BCUT2D eigenvalue weighted by molar-refractivity contribution is -0.114. The molecule has 0 spiro atoms. The summed E-state index contributed by atoms with van der Waals surface area (Å²) in [6, 6.07) is 11.9. The second kappa shape index (κ2) is 5.75. The number of hydrogen-bond acceptors (Lipinski definition) is 2. The molecule has 0 aliphatic heterocycles. The topological polar surface area (TPSA) is 66.4 Å². The van der Waals surface area contributed by atoms with E-state index in [9.17, 15) is 14.7 Å². The van der Waals surface area contributed by atoms with Gasteiger partial charge in [-0.25, -0.2) is 4.79 Å². The molecule has 0 radical (unpaired) electrons. The molecular formula is C15H12ClNO3. The Hall–Kier alpha value is -2.33. The van der Waals surface area contributed by atoms with Gasteiger partial charge in [-0.15, -0.1) is 0 Å². The van der Waals surface area contributed by atoms with Crippen LogP contribution in [0.25, 0.3) is 11.1 Å². The van der Waals surface area contributed by atoms with Crippen LogP contribution >= 0.6 is 11.6 Å². The average molecular weight is 290 g/mol. The van der Waals surface area contributed by atoms with Crippen molar-refractivity contribution >= 4 is 29.2 Å². The van der Waals surface area contributed by atoms with Crippen molar-refractivity contribution in [2.24, 2.45) is 0 Å². The predicted octanol–water partition coefficient (Wildman–Crippen LogP) is 3.66. The van der Waals surface area contributed by atoms with Crippen LogP contribution in [0.1, 0.15) is 17.3 Å². The highest BCUT2D eigenvalue weighted by Crippen LogP contribution is 2.30. The van der Waals surface area contributed by atoms with E-state index in [2.05, 4.69) is 5.32 Å². The van der Waals surface area contributed by atoms with Crippen LogP contribution in [-0.2, 0) is 4.79 Å². The zero-order valence-electron chi connectivity index (χ0n) is 10.7. The first-order chi connectivity index (χ1) is 9.49. The van der Waals surface area contributed by atoms with Crippen LogP contribution in [0.4, 0.5) is 5.69 Å². The molecule has 0 aliphatic rings. The lowest BCUT2D eigenvalue weighted by Gasteiger charge is -2.10. The Bertz CT molecular complexity index is 683. The SMILES string of the molecule is CC(=O)Nc1cccc(-c2cccc(Cl)c2C(=O)O)c1. The number of halogens is 1. The highest BCUT2D eigenvalue weighted by atomic mass is 35.5. The summed E-state index contributed by atoms with van der Waals surface area (Å²) in [5.74, 6) is -1.28. The van der Waals surface area contributed by atoms with Gasteiger partial charge in [0.25, 0.3) is 0 Å². The number of hydrogen-bond donors (Lipinski definition) is 2. The fraction of sp³-hybridized carbons (Fsp3) is 0.0667. The smallest absolute Gasteiger partial charge is 0.337 e. The van der Waals surface area contributed by atoms with E-state index in [0.717, 1.165) is 0 Å². The molecule has 0 bridgehead atoms. The second-order valence-corrected chi connectivity index (χ2v) is 4.64. The first kappa shape index (κ1) is 14.1. The molecule has 0 saturated heterocycles. The third-order valence-corrected chi connectivity index (χ3v) is 3.04. The Morgan fingerprint density at radius 3 is 2.50 bits per heavy atom. The minimum absolute atomic E-state index is 0.0501. The highest BCUT2D eigenvalue weighted by molar-refractivity contribution is 6.34. The molecule has 2 aromatic carbocycles. The van der Waals surface area contributed by atoms with E-state index in [0.29, 0.717) is 16.8 Å². The summed E-state index contributed by atoms with van der Waals surface area (Å²) >= 11 is 5.95. The number of benzene rings is 2. The van der Waals surface area contributed by atoms with E-state index >= 15 is 0 Å². The Labute approximate surface area is 121 Å². The van der Waals surface area contributed by atoms with Crippen LogP contribution in [0.2, 0.25) is 5.02 Å². The quantitative estimate of drug-likeness (QED) is 0.906. The van der Waals surface area contributed by atoms with Gasteiger partial charge in [0.05, 0.1) is 10.6 Å². The molecule has 20 heavy (non-hydrogen) atoms. The van der Waals surface area contributed by atoms with E-state index in [1.54, 1.807) is 36.4 Å².